The predicted molar refractivity (Wildman–Crippen MR) is 170 cm³/mol. The Hall–Kier alpha value is -5.26. The van der Waals surface area contributed by atoms with Crippen molar-refractivity contribution >= 4 is 52.9 Å². The molecular weight excluding hydrogens is 625 g/mol. The van der Waals surface area contributed by atoms with Crippen molar-refractivity contribution < 1.29 is 38.1 Å². The molecule has 11 nitrogen and oxygen atoms in total. The van der Waals surface area contributed by atoms with E-state index in [9.17, 15) is 14.4 Å². The Labute approximate surface area is 268 Å². The van der Waals surface area contributed by atoms with E-state index in [0.29, 0.717) is 33.5 Å². The number of hydrogen-bond donors (Lipinski definition) is 2. The summed E-state index contributed by atoms with van der Waals surface area (Å²) in [5.41, 5.74) is 4.00. The molecule has 0 aliphatic heterocycles. The Balaban J connectivity index is 1.41. The van der Waals surface area contributed by atoms with Gasteiger partial charge in [0, 0.05) is 21.8 Å². The highest BCUT2D eigenvalue weighted by atomic mass is 35.5. The summed E-state index contributed by atoms with van der Waals surface area (Å²) in [6.45, 7) is 0. The Morgan fingerprint density at radius 1 is 0.711 bits per heavy atom. The first kappa shape index (κ1) is 32.6. The molecule has 4 rings (SSSR count). The van der Waals surface area contributed by atoms with E-state index in [1.807, 2.05) is 0 Å². The Bertz CT molecular complexity index is 1750. The zero-order valence-electron chi connectivity index (χ0n) is 24.5. The van der Waals surface area contributed by atoms with Gasteiger partial charge in [-0.3, -0.25) is 9.59 Å². The molecule has 0 aromatic heterocycles. The minimum absolute atomic E-state index is 0.140. The summed E-state index contributed by atoms with van der Waals surface area (Å²) in [7, 11) is 5.78. The smallest absolute Gasteiger partial charge is 0.345 e. The van der Waals surface area contributed by atoms with Crippen LogP contribution < -0.4 is 34.4 Å². The minimum atomic E-state index is -0.689. The molecule has 0 heterocycles. The minimum Gasteiger partial charge on any atom is -0.493 e. The number of anilines is 1. The number of amides is 2. The molecule has 13 heteroatoms. The molecule has 0 bridgehead atoms. The zero-order chi connectivity index (χ0) is 32.5. The fraction of sp³-hybridized carbons (Fsp3) is 0.125. The van der Waals surface area contributed by atoms with Crippen LogP contribution in [0.3, 0.4) is 0 Å². The maximum atomic E-state index is 13.0. The van der Waals surface area contributed by atoms with Crippen molar-refractivity contribution in [3.63, 3.8) is 0 Å². The average molecular weight is 652 g/mol. The lowest BCUT2D eigenvalue weighted by atomic mass is 10.1. The number of nitrogens with zero attached hydrogens (tertiary/aromatic N) is 1. The van der Waals surface area contributed by atoms with Gasteiger partial charge in [0.25, 0.3) is 11.8 Å². The van der Waals surface area contributed by atoms with Crippen LogP contribution in [0, 0.1) is 0 Å². The lowest BCUT2D eigenvalue weighted by Crippen LogP contribution is -2.18. The van der Waals surface area contributed by atoms with Gasteiger partial charge in [0.05, 0.1) is 45.2 Å². The van der Waals surface area contributed by atoms with Gasteiger partial charge in [0.15, 0.2) is 23.0 Å². The molecule has 4 aromatic carbocycles. The third-order valence-corrected chi connectivity index (χ3v) is 6.78. The average Bonchev–Trinajstić information content (AvgIpc) is 3.04. The topological polar surface area (TPSA) is 134 Å². The summed E-state index contributed by atoms with van der Waals surface area (Å²) < 4.78 is 26.7. The molecule has 0 atom stereocenters. The van der Waals surface area contributed by atoms with Gasteiger partial charge in [-0.05, 0) is 72.3 Å². The van der Waals surface area contributed by atoms with Crippen LogP contribution in [0.2, 0.25) is 10.0 Å². The molecule has 0 radical (unpaired) electrons. The predicted octanol–water partition coefficient (Wildman–Crippen LogP) is 6.26. The fourth-order valence-electron chi connectivity index (χ4n) is 4.04. The standard InChI is InChI=1S/C32H27Cl2N3O8/c1-41-26-12-18(8-11-25(26)45-32(40)23-10-9-21(33)16-24(23)34)17-35-37-31(39)19-6-5-7-22(13-19)36-30(38)20-14-27(42-2)29(44-4)28(15-20)43-3/h5-17H,1-4H3,(H,36,38)(H,37,39). The van der Waals surface area contributed by atoms with E-state index in [0.717, 1.165) is 0 Å². The summed E-state index contributed by atoms with van der Waals surface area (Å²) in [6, 6.07) is 18.5. The molecule has 0 unspecified atom stereocenters. The maximum absolute atomic E-state index is 13.0. The largest absolute Gasteiger partial charge is 0.493 e. The van der Waals surface area contributed by atoms with Crippen molar-refractivity contribution in [3.05, 3.63) is 105 Å². The van der Waals surface area contributed by atoms with Crippen LogP contribution in [-0.4, -0.2) is 52.4 Å². The van der Waals surface area contributed by atoms with E-state index < -0.39 is 17.8 Å². The number of benzene rings is 4. The Morgan fingerprint density at radius 2 is 1.42 bits per heavy atom. The van der Waals surface area contributed by atoms with Crippen LogP contribution in [0.4, 0.5) is 5.69 Å². The van der Waals surface area contributed by atoms with Gasteiger partial charge in [0.1, 0.15) is 0 Å². The van der Waals surface area contributed by atoms with Crippen LogP contribution in [-0.2, 0) is 0 Å². The Kier molecular flexibility index (Phi) is 10.9. The second kappa shape index (κ2) is 15.0. The van der Waals surface area contributed by atoms with Crippen LogP contribution >= 0.6 is 23.2 Å². The van der Waals surface area contributed by atoms with E-state index in [-0.39, 0.29) is 33.2 Å². The normalized spacial score (nSPS) is 10.6. The van der Waals surface area contributed by atoms with Crippen LogP contribution in [0.25, 0.3) is 0 Å². The molecule has 0 saturated carbocycles. The van der Waals surface area contributed by atoms with Gasteiger partial charge in [-0.1, -0.05) is 29.3 Å². The molecule has 45 heavy (non-hydrogen) atoms. The quantitative estimate of drug-likeness (QED) is 0.0840. The van der Waals surface area contributed by atoms with Gasteiger partial charge in [-0.25, -0.2) is 10.2 Å². The zero-order valence-corrected chi connectivity index (χ0v) is 26.0. The molecule has 0 aliphatic carbocycles. The number of carbonyl (C=O) groups is 3. The number of halogens is 2. The third kappa shape index (κ3) is 8.02. The summed E-state index contributed by atoms with van der Waals surface area (Å²) in [5, 5.41) is 7.29. The molecule has 0 aliphatic rings. The van der Waals surface area contributed by atoms with Gasteiger partial charge in [-0.2, -0.15) is 5.10 Å². The van der Waals surface area contributed by atoms with E-state index >= 15 is 0 Å². The van der Waals surface area contributed by atoms with Crippen LogP contribution in [0.5, 0.6) is 28.7 Å². The van der Waals surface area contributed by atoms with E-state index in [1.54, 1.807) is 30.3 Å². The fourth-order valence-corrected chi connectivity index (χ4v) is 4.53. The lowest BCUT2D eigenvalue weighted by molar-refractivity contribution is 0.0729. The summed E-state index contributed by atoms with van der Waals surface area (Å²) in [4.78, 5) is 38.3. The maximum Gasteiger partial charge on any atom is 0.345 e. The number of nitrogens with one attached hydrogen (secondary N) is 2. The highest BCUT2D eigenvalue weighted by Crippen LogP contribution is 2.38. The van der Waals surface area contributed by atoms with Crippen LogP contribution in [0.15, 0.2) is 77.9 Å². The highest BCUT2D eigenvalue weighted by Gasteiger charge is 2.18. The SMILES string of the molecule is COc1cc(C=NNC(=O)c2cccc(NC(=O)c3cc(OC)c(OC)c(OC)c3)c2)ccc1OC(=O)c1ccc(Cl)cc1Cl. The molecule has 232 valence electrons. The molecule has 4 aromatic rings. The molecular formula is C32H27Cl2N3O8. The number of rotatable bonds is 11. The van der Waals surface area contributed by atoms with Crippen LogP contribution in [0.1, 0.15) is 36.6 Å². The summed E-state index contributed by atoms with van der Waals surface area (Å²) in [5.74, 6) is -0.261. The van der Waals surface area contributed by atoms with Crippen molar-refractivity contribution in [1.29, 1.82) is 0 Å². The molecule has 2 N–H and O–H groups in total. The highest BCUT2D eigenvalue weighted by molar-refractivity contribution is 6.36. The second-order valence-electron chi connectivity index (χ2n) is 9.07. The van der Waals surface area contributed by atoms with Crippen molar-refractivity contribution in [3.8, 4) is 28.7 Å². The van der Waals surface area contributed by atoms with E-state index in [2.05, 4.69) is 15.8 Å². The van der Waals surface area contributed by atoms with Gasteiger partial charge >= 0.3 is 5.97 Å². The number of hydrogen-bond acceptors (Lipinski definition) is 9. The van der Waals surface area contributed by atoms with Gasteiger partial charge in [0.2, 0.25) is 5.75 Å². The van der Waals surface area contributed by atoms with Crippen molar-refractivity contribution in [2.24, 2.45) is 5.10 Å². The van der Waals surface area contributed by atoms with E-state index in [4.69, 9.17) is 46.9 Å². The van der Waals surface area contributed by atoms with Crippen molar-refractivity contribution in [2.45, 2.75) is 0 Å². The van der Waals surface area contributed by atoms with Gasteiger partial charge < -0.3 is 29.0 Å². The first-order chi connectivity index (χ1) is 21.7. The monoisotopic (exact) mass is 651 g/mol. The number of ether oxygens (including phenoxy) is 5. The Morgan fingerprint density at radius 3 is 2.07 bits per heavy atom. The molecule has 2 amide bonds. The summed E-state index contributed by atoms with van der Waals surface area (Å²) >= 11 is 12.0. The third-order valence-electron chi connectivity index (χ3n) is 6.23. The van der Waals surface area contributed by atoms with Crippen molar-refractivity contribution in [1.82, 2.24) is 5.43 Å². The van der Waals surface area contributed by atoms with E-state index in [1.165, 1.54) is 77.1 Å². The first-order valence-electron chi connectivity index (χ1n) is 13.1. The lowest BCUT2D eigenvalue weighted by Gasteiger charge is -2.14. The molecule has 0 fully saturated rings. The number of esters is 1. The number of hydrazone groups is 1. The van der Waals surface area contributed by atoms with Crippen molar-refractivity contribution in [2.75, 3.05) is 33.8 Å². The molecule has 0 saturated heterocycles. The molecule has 0 spiro atoms. The number of methoxy groups -OCH3 is 4. The summed E-state index contributed by atoms with van der Waals surface area (Å²) in [6.07, 6.45) is 1.39. The number of carbonyl (C=O) groups excluding carboxylic acids is 3. The second-order valence-corrected chi connectivity index (χ2v) is 9.92. The first-order valence-corrected chi connectivity index (χ1v) is 13.8. The van der Waals surface area contributed by atoms with Gasteiger partial charge in [-0.15, -0.1) is 0 Å².